The fraction of sp³-hybridized carbons (Fsp3) is 0.412. The van der Waals surface area contributed by atoms with Gasteiger partial charge in [-0.3, -0.25) is 4.57 Å². The van der Waals surface area contributed by atoms with Gasteiger partial charge >= 0.3 is 0 Å². The molecule has 1 aromatic heterocycles. The molecule has 1 N–H and O–H groups in total. The van der Waals surface area contributed by atoms with Crippen LogP contribution in [0.4, 0.5) is 0 Å². The standard InChI is InChI=1S/C17H21N3O2S/c1-3-7-20-15(14-6-4-5-13(2)8-14)18-19-16(20)23-12-17(9-21)10-22-11-17/h3-6,8,21H,1,7,9-12H2,2H3. The minimum Gasteiger partial charge on any atom is -0.396 e. The Bertz CT molecular complexity index is 689. The van der Waals surface area contributed by atoms with Crippen molar-refractivity contribution in [3.8, 4) is 11.4 Å². The van der Waals surface area contributed by atoms with Crippen molar-refractivity contribution in [1.29, 1.82) is 0 Å². The number of rotatable bonds is 7. The largest absolute Gasteiger partial charge is 0.396 e. The minimum absolute atomic E-state index is 0.139. The highest BCUT2D eigenvalue weighted by molar-refractivity contribution is 7.99. The Morgan fingerprint density at radius 3 is 2.87 bits per heavy atom. The molecule has 1 aliphatic rings. The zero-order valence-corrected chi connectivity index (χ0v) is 14.1. The summed E-state index contributed by atoms with van der Waals surface area (Å²) in [5.41, 5.74) is 2.10. The second kappa shape index (κ2) is 6.86. The van der Waals surface area contributed by atoms with E-state index in [2.05, 4.69) is 40.4 Å². The van der Waals surface area contributed by atoms with E-state index in [1.165, 1.54) is 5.56 Å². The smallest absolute Gasteiger partial charge is 0.191 e. The Labute approximate surface area is 140 Å². The van der Waals surface area contributed by atoms with Gasteiger partial charge in [0.05, 0.1) is 19.8 Å². The van der Waals surface area contributed by atoms with Gasteiger partial charge in [0.25, 0.3) is 0 Å². The third-order valence-corrected chi connectivity index (χ3v) is 5.28. The maximum Gasteiger partial charge on any atom is 0.191 e. The molecule has 2 aromatic rings. The molecule has 1 aromatic carbocycles. The number of aliphatic hydroxyl groups excluding tert-OH is 1. The predicted molar refractivity (Wildman–Crippen MR) is 91.5 cm³/mol. The van der Waals surface area contributed by atoms with Crippen molar-refractivity contribution in [2.75, 3.05) is 25.6 Å². The summed E-state index contributed by atoms with van der Waals surface area (Å²) < 4.78 is 7.32. The zero-order chi connectivity index (χ0) is 16.3. The van der Waals surface area contributed by atoms with Crippen LogP contribution in [0.2, 0.25) is 0 Å². The van der Waals surface area contributed by atoms with Crippen molar-refractivity contribution >= 4 is 11.8 Å². The normalized spacial score (nSPS) is 16.1. The first-order valence-electron chi connectivity index (χ1n) is 7.60. The van der Waals surface area contributed by atoms with Crippen molar-refractivity contribution in [2.24, 2.45) is 5.41 Å². The highest BCUT2D eigenvalue weighted by atomic mass is 32.2. The summed E-state index contributed by atoms with van der Waals surface area (Å²) in [4.78, 5) is 0. The molecule has 6 heteroatoms. The van der Waals surface area contributed by atoms with Crippen molar-refractivity contribution in [3.63, 3.8) is 0 Å². The molecule has 1 fully saturated rings. The molecule has 0 atom stereocenters. The first kappa shape index (κ1) is 16.2. The highest BCUT2D eigenvalue weighted by Gasteiger charge is 2.38. The van der Waals surface area contributed by atoms with Gasteiger partial charge < -0.3 is 9.84 Å². The molecule has 23 heavy (non-hydrogen) atoms. The fourth-order valence-electron chi connectivity index (χ4n) is 2.52. The van der Waals surface area contributed by atoms with Crippen molar-refractivity contribution in [1.82, 2.24) is 14.8 Å². The number of hydrogen-bond acceptors (Lipinski definition) is 5. The van der Waals surface area contributed by atoms with Crippen LogP contribution in [0.3, 0.4) is 0 Å². The fourth-order valence-corrected chi connectivity index (χ4v) is 3.62. The molecule has 0 radical (unpaired) electrons. The van der Waals surface area contributed by atoms with Gasteiger partial charge in [-0.15, -0.1) is 16.8 Å². The lowest BCUT2D eigenvalue weighted by atomic mass is 9.90. The molecule has 0 spiro atoms. The number of aromatic nitrogens is 3. The Morgan fingerprint density at radius 1 is 1.43 bits per heavy atom. The van der Waals surface area contributed by atoms with Gasteiger partial charge in [0.2, 0.25) is 0 Å². The maximum atomic E-state index is 9.55. The van der Waals surface area contributed by atoms with Gasteiger partial charge in [0.1, 0.15) is 0 Å². The van der Waals surface area contributed by atoms with Gasteiger partial charge in [-0.1, -0.05) is 41.6 Å². The summed E-state index contributed by atoms with van der Waals surface area (Å²) >= 11 is 1.62. The summed E-state index contributed by atoms with van der Waals surface area (Å²) in [6, 6.07) is 8.24. The monoisotopic (exact) mass is 331 g/mol. The SMILES string of the molecule is C=CCn1c(SCC2(CO)COC2)nnc1-c1cccc(C)c1. The lowest BCUT2D eigenvalue weighted by molar-refractivity contribution is -0.121. The quantitative estimate of drug-likeness (QED) is 0.624. The lowest BCUT2D eigenvalue weighted by Gasteiger charge is -2.39. The number of hydrogen-bond donors (Lipinski definition) is 1. The molecular weight excluding hydrogens is 310 g/mol. The van der Waals surface area contributed by atoms with Crippen molar-refractivity contribution < 1.29 is 9.84 Å². The first-order chi connectivity index (χ1) is 11.2. The molecule has 122 valence electrons. The minimum atomic E-state index is -0.140. The molecule has 0 bridgehead atoms. The van der Waals surface area contributed by atoms with Gasteiger partial charge in [-0.2, -0.15) is 0 Å². The second-order valence-electron chi connectivity index (χ2n) is 6.01. The average molecular weight is 331 g/mol. The van der Waals surface area contributed by atoms with Crippen LogP contribution in [0.1, 0.15) is 5.56 Å². The molecule has 2 heterocycles. The van der Waals surface area contributed by atoms with E-state index in [-0.39, 0.29) is 12.0 Å². The van der Waals surface area contributed by atoms with Gasteiger partial charge in [-0.05, 0) is 13.0 Å². The Kier molecular flexibility index (Phi) is 4.84. The number of ether oxygens (including phenoxy) is 1. The van der Waals surface area contributed by atoms with E-state index in [9.17, 15) is 5.11 Å². The first-order valence-corrected chi connectivity index (χ1v) is 8.58. The highest BCUT2D eigenvalue weighted by Crippen LogP contribution is 2.34. The number of aliphatic hydroxyl groups is 1. The predicted octanol–water partition coefficient (Wildman–Crippen LogP) is 2.54. The van der Waals surface area contributed by atoms with Crippen molar-refractivity contribution in [2.45, 2.75) is 18.6 Å². The van der Waals surface area contributed by atoms with Crippen LogP contribution in [0, 0.1) is 12.3 Å². The Morgan fingerprint density at radius 2 is 2.26 bits per heavy atom. The molecule has 1 aliphatic heterocycles. The number of nitrogens with zero attached hydrogens (tertiary/aromatic N) is 3. The molecular formula is C17H21N3O2S. The average Bonchev–Trinajstić information content (AvgIpc) is 2.90. The molecule has 1 saturated heterocycles. The van der Waals surface area contributed by atoms with E-state index < -0.39 is 0 Å². The molecule has 0 amide bonds. The molecule has 0 saturated carbocycles. The Balaban J connectivity index is 1.85. The molecule has 5 nitrogen and oxygen atoms in total. The van der Waals surface area contributed by atoms with E-state index in [0.717, 1.165) is 22.3 Å². The number of allylic oxidation sites excluding steroid dienone is 1. The second-order valence-corrected chi connectivity index (χ2v) is 6.96. The third-order valence-electron chi connectivity index (χ3n) is 3.96. The number of aryl methyl sites for hydroxylation is 1. The molecule has 0 aliphatic carbocycles. The van der Waals surface area contributed by atoms with E-state index >= 15 is 0 Å². The summed E-state index contributed by atoms with van der Waals surface area (Å²) in [6.07, 6.45) is 1.85. The number of benzene rings is 1. The summed E-state index contributed by atoms with van der Waals surface area (Å²) in [7, 11) is 0. The van der Waals surface area contributed by atoms with Crippen LogP contribution in [0.15, 0.2) is 42.1 Å². The van der Waals surface area contributed by atoms with Crippen LogP contribution in [0.25, 0.3) is 11.4 Å². The number of thioether (sulfide) groups is 1. The zero-order valence-electron chi connectivity index (χ0n) is 13.2. The summed E-state index contributed by atoms with van der Waals surface area (Å²) in [5, 5.41) is 19.1. The molecule has 0 unspecified atom stereocenters. The summed E-state index contributed by atoms with van der Waals surface area (Å²) in [5.74, 6) is 1.62. The van der Waals surface area contributed by atoms with Crippen molar-refractivity contribution in [3.05, 3.63) is 42.5 Å². The van der Waals surface area contributed by atoms with Crippen LogP contribution >= 0.6 is 11.8 Å². The van der Waals surface area contributed by atoms with Crippen LogP contribution in [-0.2, 0) is 11.3 Å². The van der Waals surface area contributed by atoms with E-state index in [1.54, 1.807) is 11.8 Å². The third kappa shape index (κ3) is 3.34. The van der Waals surface area contributed by atoms with Gasteiger partial charge in [0.15, 0.2) is 11.0 Å². The van der Waals surface area contributed by atoms with E-state index in [0.29, 0.717) is 19.8 Å². The lowest BCUT2D eigenvalue weighted by Crippen LogP contribution is -2.47. The van der Waals surface area contributed by atoms with Gasteiger partial charge in [0, 0.05) is 23.3 Å². The molecule has 3 rings (SSSR count). The van der Waals surface area contributed by atoms with Crippen LogP contribution in [0.5, 0.6) is 0 Å². The van der Waals surface area contributed by atoms with Crippen LogP contribution < -0.4 is 0 Å². The maximum absolute atomic E-state index is 9.55. The van der Waals surface area contributed by atoms with E-state index in [4.69, 9.17) is 4.74 Å². The van der Waals surface area contributed by atoms with Gasteiger partial charge in [-0.25, -0.2) is 0 Å². The van der Waals surface area contributed by atoms with E-state index in [1.807, 2.05) is 18.2 Å². The summed E-state index contributed by atoms with van der Waals surface area (Å²) in [6.45, 7) is 7.91. The topological polar surface area (TPSA) is 60.2 Å². The Hall–Kier alpha value is -1.63. The van der Waals surface area contributed by atoms with Crippen LogP contribution in [-0.4, -0.2) is 45.4 Å².